The second kappa shape index (κ2) is 10.9. The van der Waals surface area contributed by atoms with Crippen molar-refractivity contribution in [1.29, 1.82) is 0 Å². The third kappa shape index (κ3) is 4.75. The average molecular weight is 589 g/mol. The van der Waals surface area contributed by atoms with E-state index in [0.29, 0.717) is 24.3 Å². The van der Waals surface area contributed by atoms with E-state index in [1.807, 2.05) is 12.1 Å². The van der Waals surface area contributed by atoms with E-state index in [4.69, 9.17) is 29.2 Å². The summed E-state index contributed by atoms with van der Waals surface area (Å²) in [7, 11) is 1.54. The van der Waals surface area contributed by atoms with Gasteiger partial charge in [0.25, 0.3) is 0 Å². The van der Waals surface area contributed by atoms with Crippen LogP contribution in [0.2, 0.25) is 0 Å². The summed E-state index contributed by atoms with van der Waals surface area (Å²) in [4.78, 5) is 59.1. The largest absolute Gasteiger partial charge is 0.493 e. The molecule has 0 radical (unpaired) electrons. The average Bonchev–Trinajstić information content (AvgIpc) is 3.27. The fourth-order valence-electron chi connectivity index (χ4n) is 6.95. The summed E-state index contributed by atoms with van der Waals surface area (Å²) in [6.45, 7) is 1.13. The highest BCUT2D eigenvalue weighted by molar-refractivity contribution is 5.85. The lowest BCUT2D eigenvalue weighted by Gasteiger charge is -2.59. The van der Waals surface area contributed by atoms with E-state index in [9.17, 15) is 29.1 Å². The highest BCUT2D eigenvalue weighted by atomic mass is 16.6. The molecule has 0 aromatic heterocycles. The molecule has 42 heavy (non-hydrogen) atoms. The Bertz CT molecular complexity index is 1370. The van der Waals surface area contributed by atoms with Gasteiger partial charge in [0, 0.05) is 5.56 Å². The molecular formula is C29H32O13. The number of carbonyl (C=O) groups excluding carboxylic acids is 3. The van der Waals surface area contributed by atoms with Crippen LogP contribution in [0.25, 0.3) is 0 Å². The lowest BCUT2D eigenvalue weighted by Crippen LogP contribution is -2.67. The molecule has 1 aromatic carbocycles. The van der Waals surface area contributed by atoms with Gasteiger partial charge in [0.15, 0.2) is 23.7 Å². The smallest absolute Gasteiger partial charge is 0.348 e. The number of carboxylic acids is 2. The number of aliphatic carboxylic acids is 2. The number of hydrogen-bond acceptors (Lipinski definition) is 11. The van der Waals surface area contributed by atoms with E-state index >= 15 is 0 Å². The van der Waals surface area contributed by atoms with Gasteiger partial charge in [0.2, 0.25) is 6.10 Å². The monoisotopic (exact) mass is 588 g/mol. The molecule has 1 fully saturated rings. The van der Waals surface area contributed by atoms with Crippen molar-refractivity contribution >= 4 is 29.8 Å². The molecule has 3 N–H and O–H groups in total. The summed E-state index contributed by atoms with van der Waals surface area (Å²) in [5.41, 5.74) is 0.115. The molecule has 226 valence electrons. The minimum atomic E-state index is -1.95. The van der Waals surface area contributed by atoms with E-state index < -0.39 is 78.4 Å². The van der Waals surface area contributed by atoms with Gasteiger partial charge in [-0.2, -0.15) is 0 Å². The maximum atomic E-state index is 12.8. The second-order valence-electron chi connectivity index (χ2n) is 11.1. The van der Waals surface area contributed by atoms with Crippen molar-refractivity contribution in [3.63, 3.8) is 0 Å². The molecule has 13 heteroatoms. The lowest BCUT2D eigenvalue weighted by atomic mass is 9.47. The Labute approximate surface area is 240 Å². The first kappa shape index (κ1) is 29.4. The molecule has 6 atom stereocenters. The Kier molecular flexibility index (Phi) is 7.64. The maximum Gasteiger partial charge on any atom is 0.348 e. The van der Waals surface area contributed by atoms with Crippen molar-refractivity contribution in [2.75, 3.05) is 7.11 Å². The van der Waals surface area contributed by atoms with Crippen LogP contribution in [0, 0.1) is 5.92 Å². The number of hydrogen-bond donors (Lipinski definition) is 3. The molecule has 1 aromatic rings. The van der Waals surface area contributed by atoms with E-state index in [1.54, 1.807) is 6.08 Å². The molecule has 3 aliphatic carbocycles. The van der Waals surface area contributed by atoms with Crippen molar-refractivity contribution < 1.29 is 63.0 Å². The highest BCUT2D eigenvalue weighted by Gasteiger charge is 2.70. The van der Waals surface area contributed by atoms with Crippen molar-refractivity contribution in [2.24, 2.45) is 5.92 Å². The van der Waals surface area contributed by atoms with Gasteiger partial charge in [-0.15, -0.1) is 0 Å². The zero-order valence-corrected chi connectivity index (χ0v) is 23.1. The summed E-state index contributed by atoms with van der Waals surface area (Å²) in [6.07, 6.45) is -1.01. The minimum absolute atomic E-state index is 0.0241. The number of carboxylic acid groups (broad SMARTS) is 2. The molecule has 2 bridgehead atoms. The van der Waals surface area contributed by atoms with Gasteiger partial charge >= 0.3 is 29.8 Å². The molecule has 1 aliphatic heterocycles. The number of rotatable bonds is 11. The number of aliphatic hydroxyl groups is 1. The predicted molar refractivity (Wildman–Crippen MR) is 138 cm³/mol. The SMILES string of the molecule is COc1ccc2c3c1O[C@@H]1C(OC(=O)CCC(=O)O[C@@H](C)C(=O)O[C@H](CC(=O)O)C(=O)O)=CC[C@]4(O)[C@@H](CCC[C@@]314)C2. The summed E-state index contributed by atoms with van der Waals surface area (Å²) in [5.74, 6) is -4.76. The Morgan fingerprint density at radius 3 is 2.52 bits per heavy atom. The number of carbonyl (C=O) groups is 5. The number of benzene rings is 1. The molecule has 13 nitrogen and oxygen atoms in total. The Hall–Kier alpha value is -4.13. The third-order valence-electron chi connectivity index (χ3n) is 8.77. The Balaban J connectivity index is 1.23. The molecular weight excluding hydrogens is 556 g/mol. The number of methoxy groups -OCH3 is 1. The van der Waals surface area contributed by atoms with Gasteiger partial charge < -0.3 is 39.0 Å². The van der Waals surface area contributed by atoms with Gasteiger partial charge in [-0.05, 0) is 56.2 Å². The van der Waals surface area contributed by atoms with Gasteiger partial charge in [0.05, 0.1) is 37.4 Å². The number of ether oxygens (including phenoxy) is 5. The molecule has 0 amide bonds. The zero-order chi connectivity index (χ0) is 30.4. The molecule has 5 rings (SSSR count). The number of esters is 3. The van der Waals surface area contributed by atoms with E-state index in [0.717, 1.165) is 30.9 Å². The Morgan fingerprint density at radius 2 is 1.83 bits per heavy atom. The van der Waals surface area contributed by atoms with Crippen molar-refractivity contribution in [1.82, 2.24) is 0 Å². The molecule has 1 spiro atoms. The normalized spacial score (nSPS) is 27.7. The van der Waals surface area contributed by atoms with E-state index in [1.165, 1.54) is 7.11 Å². The zero-order valence-electron chi connectivity index (χ0n) is 23.1. The van der Waals surface area contributed by atoms with Crippen molar-refractivity contribution in [3.05, 3.63) is 35.1 Å². The fourth-order valence-corrected chi connectivity index (χ4v) is 6.95. The van der Waals surface area contributed by atoms with Crippen LogP contribution in [0.4, 0.5) is 0 Å². The van der Waals surface area contributed by atoms with Gasteiger partial charge in [0.1, 0.15) is 5.76 Å². The van der Waals surface area contributed by atoms with Crippen molar-refractivity contribution in [2.45, 2.75) is 87.6 Å². The van der Waals surface area contributed by atoms with Crippen LogP contribution >= 0.6 is 0 Å². The molecule has 4 aliphatic rings. The van der Waals surface area contributed by atoms with Gasteiger partial charge in [-0.3, -0.25) is 14.4 Å². The van der Waals surface area contributed by atoms with Crippen molar-refractivity contribution in [3.8, 4) is 11.5 Å². The van der Waals surface area contributed by atoms with E-state index in [2.05, 4.69) is 4.74 Å². The maximum absolute atomic E-state index is 12.8. The Morgan fingerprint density at radius 1 is 1.10 bits per heavy atom. The van der Waals surface area contributed by atoms with Crippen LogP contribution in [0.5, 0.6) is 11.5 Å². The summed E-state index contributed by atoms with van der Waals surface area (Å²) in [6, 6.07) is 3.84. The third-order valence-corrected chi connectivity index (χ3v) is 8.77. The summed E-state index contributed by atoms with van der Waals surface area (Å²) in [5, 5.41) is 29.9. The van der Waals surface area contributed by atoms with Crippen LogP contribution in [0.15, 0.2) is 24.0 Å². The van der Waals surface area contributed by atoms with Crippen LogP contribution in [0.1, 0.15) is 63.0 Å². The van der Waals surface area contributed by atoms with Crippen LogP contribution < -0.4 is 9.47 Å². The van der Waals surface area contributed by atoms with Crippen LogP contribution in [-0.4, -0.2) is 76.2 Å². The minimum Gasteiger partial charge on any atom is -0.493 e. The van der Waals surface area contributed by atoms with Crippen LogP contribution in [-0.2, 0) is 50.0 Å². The fraction of sp³-hybridized carbons (Fsp3) is 0.552. The second-order valence-corrected chi connectivity index (χ2v) is 11.1. The standard InChI is InChI=1S/C29H32O13/c1-14(27(36)41-19(26(34)35)13-20(30)31)39-21(32)7-8-22(33)40-18-9-11-29(37)16-4-3-10-28(29)23-15(12-16)5-6-17(38-2)24(23)42-25(18)28/h5-6,9,14,16,19,25,37H,3-4,7-8,10-13H2,1-2H3,(H,30,31)(H,34,35)/t14-,16-,19+,25+,28+,29-/m0/s1. The van der Waals surface area contributed by atoms with Crippen LogP contribution in [0.3, 0.4) is 0 Å². The first-order valence-electron chi connectivity index (χ1n) is 13.8. The molecule has 0 saturated heterocycles. The highest BCUT2D eigenvalue weighted by Crippen LogP contribution is 2.67. The van der Waals surface area contributed by atoms with Gasteiger partial charge in [-0.1, -0.05) is 12.5 Å². The van der Waals surface area contributed by atoms with E-state index in [-0.39, 0.29) is 18.1 Å². The quantitative estimate of drug-likeness (QED) is 0.251. The molecule has 1 saturated carbocycles. The first-order valence-corrected chi connectivity index (χ1v) is 13.8. The summed E-state index contributed by atoms with van der Waals surface area (Å²) < 4.78 is 27.2. The topological polar surface area (TPSA) is 192 Å². The first-order chi connectivity index (χ1) is 19.9. The molecule has 1 heterocycles. The molecule has 0 unspecified atom stereocenters. The lowest BCUT2D eigenvalue weighted by molar-refractivity contribution is -0.178. The summed E-state index contributed by atoms with van der Waals surface area (Å²) >= 11 is 0. The van der Waals surface area contributed by atoms with Gasteiger partial charge in [-0.25, -0.2) is 9.59 Å². The predicted octanol–water partition coefficient (Wildman–Crippen LogP) is 1.80.